The van der Waals surface area contributed by atoms with Gasteiger partial charge in [0.15, 0.2) is 0 Å². The molecule has 1 saturated carbocycles. The molecule has 0 saturated heterocycles. The van der Waals surface area contributed by atoms with E-state index in [9.17, 15) is 0 Å². The molecule has 0 aromatic heterocycles. The van der Waals surface area contributed by atoms with Gasteiger partial charge in [-0.25, -0.2) is 0 Å². The summed E-state index contributed by atoms with van der Waals surface area (Å²) in [6.07, 6.45) is 32.9. The SMILES string of the molecule is CCCCCCCCCCCCOc1ccc(P2(=O)[C]([Sn]([CH2]CCC)([CH2]CCC)[CH2]CCC)=C3CCCC3=[C]2[Sn]([CH2]CCC)([CH2]CCC)[CH2]CCC)cc1. The van der Waals surface area contributed by atoms with Gasteiger partial charge in [0.1, 0.15) is 0 Å². The van der Waals surface area contributed by atoms with Crippen LogP contribution in [0.15, 0.2) is 42.1 Å². The van der Waals surface area contributed by atoms with Crippen LogP contribution in [0.4, 0.5) is 0 Å². The standard InChI is InChI=1S/C25H35O2P.6C4H9.2Sn/c1-2-3-4-5-6-7-8-9-10-11-19-27-24-15-17-25(18-16-24)28(26)20-22-13-12-14-23(22)21-28;6*1-3-4-2;;/h15-18H,2-14,19H2,1H3;6*1,3-4H2,2H3;;. The van der Waals surface area contributed by atoms with E-state index in [-0.39, 0.29) is 0 Å². The summed E-state index contributed by atoms with van der Waals surface area (Å²) in [5, 5.41) is 1.23. The van der Waals surface area contributed by atoms with E-state index in [1.54, 1.807) is 17.8 Å². The maximum absolute atomic E-state index is 17.5. The monoisotopic (exact) mass is 980 g/mol. The fraction of sp³-hybridized carbons (Fsp3) is 0.796. The van der Waals surface area contributed by atoms with Gasteiger partial charge in [0.25, 0.3) is 0 Å². The predicted molar refractivity (Wildman–Crippen MR) is 249 cm³/mol. The summed E-state index contributed by atoms with van der Waals surface area (Å²) in [6.45, 7) is 17.5. The Balaban J connectivity index is 2.07. The van der Waals surface area contributed by atoms with Gasteiger partial charge in [-0.3, -0.25) is 0 Å². The van der Waals surface area contributed by atoms with E-state index in [0.717, 1.165) is 18.8 Å². The van der Waals surface area contributed by atoms with E-state index < -0.39 is 43.9 Å². The van der Waals surface area contributed by atoms with Gasteiger partial charge in [0, 0.05) is 0 Å². The van der Waals surface area contributed by atoms with E-state index in [1.807, 2.05) is 0 Å². The van der Waals surface area contributed by atoms with Crippen LogP contribution < -0.4 is 10.0 Å². The molecule has 0 radical (unpaired) electrons. The molecule has 0 N–H and O–H groups in total. The maximum atomic E-state index is 17.5. The van der Waals surface area contributed by atoms with E-state index >= 15 is 4.57 Å². The molecule has 1 aliphatic carbocycles. The number of ether oxygens (including phenoxy) is 1. The van der Waals surface area contributed by atoms with Crippen molar-refractivity contribution in [2.24, 2.45) is 0 Å². The first-order valence-electron chi connectivity index (χ1n) is 24.2. The van der Waals surface area contributed by atoms with Gasteiger partial charge in [-0.2, -0.15) is 0 Å². The molecule has 310 valence electrons. The third-order valence-corrected chi connectivity index (χ3v) is 57.9. The van der Waals surface area contributed by atoms with Crippen LogP contribution in [0, 0.1) is 0 Å². The van der Waals surface area contributed by atoms with Crippen LogP contribution in [0.1, 0.15) is 209 Å². The Morgan fingerprint density at radius 2 is 0.796 bits per heavy atom. The second-order valence-electron chi connectivity index (χ2n) is 17.8. The Bertz CT molecular complexity index is 1180. The van der Waals surface area contributed by atoms with E-state index in [1.165, 1.54) is 186 Å². The van der Waals surface area contributed by atoms with E-state index in [2.05, 4.69) is 72.7 Å². The summed E-state index contributed by atoms with van der Waals surface area (Å²) in [6, 6.07) is 9.19. The molecule has 2 aliphatic rings. The van der Waals surface area contributed by atoms with Gasteiger partial charge >= 0.3 is 303 Å². The van der Waals surface area contributed by atoms with Crippen LogP contribution in [-0.4, -0.2) is 43.4 Å². The first kappa shape index (κ1) is 48.7. The number of unbranched alkanes of at least 4 members (excludes halogenated alkanes) is 15. The molecule has 0 bridgehead atoms. The van der Waals surface area contributed by atoms with Crippen LogP contribution in [0.3, 0.4) is 0 Å². The van der Waals surface area contributed by atoms with Crippen LogP contribution in [0.2, 0.25) is 26.6 Å². The summed E-state index contributed by atoms with van der Waals surface area (Å²) in [5.74, 6) is 0.986. The molecule has 0 unspecified atom stereocenters. The Morgan fingerprint density at radius 1 is 0.463 bits per heavy atom. The minimum atomic E-state index is -3.10. The molecule has 1 fully saturated rings. The summed E-state index contributed by atoms with van der Waals surface area (Å²) >= 11 is -6.20. The van der Waals surface area contributed by atoms with Crippen LogP contribution in [-0.2, 0) is 4.57 Å². The molecule has 1 aromatic carbocycles. The number of benzene rings is 1. The molecule has 0 atom stereocenters. The Labute approximate surface area is 345 Å². The average molecular weight is 979 g/mol. The summed E-state index contributed by atoms with van der Waals surface area (Å²) in [5.41, 5.74) is 3.47. The van der Waals surface area contributed by atoms with Gasteiger partial charge in [-0.05, 0) is 0 Å². The van der Waals surface area contributed by atoms with Crippen molar-refractivity contribution in [2.75, 3.05) is 6.61 Å². The second-order valence-corrected chi connectivity index (χ2v) is 48.9. The molecule has 0 amide bonds. The Hall–Kier alpha value is 0.327. The summed E-state index contributed by atoms with van der Waals surface area (Å²) < 4.78 is 35.9. The third-order valence-electron chi connectivity index (χ3n) is 13.4. The quantitative estimate of drug-likeness (QED) is 0.0399. The van der Waals surface area contributed by atoms with Gasteiger partial charge in [0.2, 0.25) is 0 Å². The molecule has 2 nitrogen and oxygen atoms in total. The van der Waals surface area contributed by atoms with Gasteiger partial charge < -0.3 is 0 Å². The molecule has 1 aliphatic heterocycles. The zero-order valence-corrected chi connectivity index (χ0v) is 43.8. The second kappa shape index (κ2) is 27.2. The van der Waals surface area contributed by atoms with Crippen molar-refractivity contribution >= 4 is 49.2 Å². The van der Waals surface area contributed by atoms with E-state index in [0.29, 0.717) is 0 Å². The Kier molecular flexibility index (Phi) is 24.5. The zero-order chi connectivity index (χ0) is 39.1. The summed E-state index contributed by atoms with van der Waals surface area (Å²) in [4.78, 5) is 0. The van der Waals surface area contributed by atoms with Gasteiger partial charge in [-0.15, -0.1) is 0 Å². The average Bonchev–Trinajstić information content (AvgIpc) is 3.75. The third kappa shape index (κ3) is 13.4. The molecule has 3 rings (SSSR count). The minimum absolute atomic E-state index is 0.799. The topological polar surface area (TPSA) is 26.3 Å². The van der Waals surface area contributed by atoms with Crippen molar-refractivity contribution in [3.63, 3.8) is 0 Å². The number of allylic oxidation sites excluding steroid dienone is 2. The molecule has 5 heteroatoms. The Morgan fingerprint density at radius 3 is 1.15 bits per heavy atom. The van der Waals surface area contributed by atoms with Gasteiger partial charge in [-0.1, -0.05) is 45.4 Å². The molecular formula is C49H89O2PSn2. The van der Waals surface area contributed by atoms with Crippen LogP contribution in [0.25, 0.3) is 0 Å². The first-order chi connectivity index (χ1) is 26.4. The zero-order valence-electron chi connectivity index (χ0n) is 37.2. The molecule has 0 spiro atoms. The van der Waals surface area contributed by atoms with Crippen molar-refractivity contribution in [1.29, 1.82) is 0 Å². The van der Waals surface area contributed by atoms with Crippen molar-refractivity contribution in [1.82, 2.24) is 0 Å². The molecule has 1 aromatic rings. The van der Waals surface area contributed by atoms with Crippen LogP contribution >= 0.6 is 7.14 Å². The van der Waals surface area contributed by atoms with Crippen molar-refractivity contribution < 1.29 is 9.30 Å². The van der Waals surface area contributed by atoms with E-state index in [4.69, 9.17) is 4.74 Å². The van der Waals surface area contributed by atoms with Crippen molar-refractivity contribution in [3.8, 4) is 5.75 Å². The number of hydrogen-bond donors (Lipinski definition) is 0. The van der Waals surface area contributed by atoms with Crippen LogP contribution in [0.5, 0.6) is 5.75 Å². The number of rotatable bonds is 33. The van der Waals surface area contributed by atoms with Crippen molar-refractivity contribution in [2.45, 2.75) is 236 Å². The van der Waals surface area contributed by atoms with Crippen molar-refractivity contribution in [3.05, 3.63) is 42.1 Å². The molecule has 1 heterocycles. The predicted octanol–water partition coefficient (Wildman–Crippen LogP) is 17.5. The fourth-order valence-corrected chi connectivity index (χ4v) is 68.3. The van der Waals surface area contributed by atoms with Gasteiger partial charge in [0.05, 0.1) is 0 Å². The number of hydrogen-bond acceptors (Lipinski definition) is 2. The number of fused-ring (bicyclic) bond motifs is 1. The normalized spacial score (nSPS) is 15.8. The molecular weight excluding hydrogens is 889 g/mol. The first-order valence-corrected chi connectivity index (χ1v) is 40.9. The fourth-order valence-electron chi connectivity index (χ4n) is 10.4. The summed E-state index contributed by atoms with van der Waals surface area (Å²) in [7, 11) is -2.89. The molecule has 54 heavy (non-hydrogen) atoms.